The summed E-state index contributed by atoms with van der Waals surface area (Å²) in [5, 5.41) is 17.7. The van der Waals surface area contributed by atoms with Crippen LogP contribution < -0.4 is 0 Å². The van der Waals surface area contributed by atoms with Crippen LogP contribution in [0.15, 0.2) is 12.1 Å². The van der Waals surface area contributed by atoms with Crippen molar-refractivity contribution in [2.75, 3.05) is 0 Å². The first-order chi connectivity index (χ1) is 6.43. The minimum atomic E-state index is -1.30. The van der Waals surface area contributed by atoms with Crippen molar-refractivity contribution in [1.29, 1.82) is 0 Å². The summed E-state index contributed by atoms with van der Waals surface area (Å²) in [7, 11) is 0. The Bertz CT molecular complexity index is 378. The van der Waals surface area contributed by atoms with E-state index in [9.17, 15) is 9.59 Å². The Balaban J connectivity index is 0.00000196. The molecule has 1 rings (SSSR count). The van der Waals surface area contributed by atoms with E-state index in [1.165, 1.54) is 6.07 Å². The molecule has 0 aliphatic carbocycles. The third kappa shape index (κ3) is 3.21. The molecule has 0 bridgehead atoms. The van der Waals surface area contributed by atoms with Gasteiger partial charge in [-0.1, -0.05) is 11.6 Å². The number of halogens is 1. The Morgan fingerprint density at radius 3 is 1.93 bits per heavy atom. The van der Waals surface area contributed by atoms with Gasteiger partial charge in [0.15, 0.2) is 0 Å². The number of aromatic carboxylic acids is 2. The Kier molecular flexibility index (Phi) is 5.31. The predicted octanol–water partition coefficient (Wildman–Crippen LogP) is 1.40. The van der Waals surface area contributed by atoms with Crippen LogP contribution >= 0.6 is 11.6 Å². The van der Waals surface area contributed by atoms with Gasteiger partial charge in [-0.15, -0.1) is 0 Å². The van der Waals surface area contributed by atoms with Crippen LogP contribution in [0.5, 0.6) is 0 Å². The Labute approximate surface area is 113 Å². The van der Waals surface area contributed by atoms with Gasteiger partial charge in [-0.05, 0) is 24.6 Å². The Morgan fingerprint density at radius 1 is 1.13 bits per heavy atom. The summed E-state index contributed by atoms with van der Waals surface area (Å²) in [4.78, 5) is 21.4. The number of hydrogen-bond donors (Lipinski definition) is 2. The van der Waals surface area contributed by atoms with Crippen molar-refractivity contribution >= 4 is 53.1 Å². The fourth-order valence-electron chi connectivity index (χ4n) is 1.04. The van der Waals surface area contributed by atoms with Crippen LogP contribution in [0.1, 0.15) is 26.3 Å². The molecule has 76 valence electrons. The quantitative estimate of drug-likeness (QED) is 0.764. The van der Waals surface area contributed by atoms with Crippen molar-refractivity contribution in [3.05, 3.63) is 33.8 Å². The van der Waals surface area contributed by atoms with Crippen LogP contribution in [-0.2, 0) is 0 Å². The van der Waals surface area contributed by atoms with Gasteiger partial charge >= 0.3 is 41.5 Å². The topological polar surface area (TPSA) is 74.6 Å². The van der Waals surface area contributed by atoms with E-state index >= 15 is 0 Å². The van der Waals surface area contributed by atoms with Gasteiger partial charge in [0.25, 0.3) is 0 Å². The van der Waals surface area contributed by atoms with Crippen LogP contribution in [-0.4, -0.2) is 51.7 Å². The second-order valence-corrected chi connectivity index (χ2v) is 3.16. The Morgan fingerprint density at radius 2 is 1.53 bits per heavy atom. The molecule has 0 fully saturated rings. The molecule has 6 heteroatoms. The molecule has 0 aromatic heterocycles. The van der Waals surface area contributed by atoms with Crippen molar-refractivity contribution in [1.82, 2.24) is 0 Å². The molecule has 0 unspecified atom stereocenters. The molecule has 15 heavy (non-hydrogen) atoms. The summed E-state index contributed by atoms with van der Waals surface area (Å²) in [5.41, 5.74) is -0.0124. The van der Waals surface area contributed by atoms with Crippen LogP contribution in [0.4, 0.5) is 0 Å². The van der Waals surface area contributed by atoms with Crippen molar-refractivity contribution in [2.45, 2.75) is 6.92 Å². The molecule has 0 saturated carbocycles. The number of carboxylic acid groups (broad SMARTS) is 2. The molecule has 1 aromatic rings. The van der Waals surface area contributed by atoms with E-state index in [1.54, 1.807) is 6.92 Å². The van der Waals surface area contributed by atoms with Gasteiger partial charge in [-0.3, -0.25) is 0 Å². The second-order valence-electron chi connectivity index (χ2n) is 2.76. The van der Waals surface area contributed by atoms with E-state index in [4.69, 9.17) is 21.8 Å². The minimum absolute atomic E-state index is 0. The first-order valence-corrected chi connectivity index (χ1v) is 4.08. The molecule has 0 spiro atoms. The fraction of sp³-hybridized carbons (Fsp3) is 0.111. The number of benzene rings is 1. The molecule has 0 radical (unpaired) electrons. The molecular weight excluding hydrogens is 231 g/mol. The van der Waals surface area contributed by atoms with Crippen molar-refractivity contribution in [2.24, 2.45) is 0 Å². The molecule has 0 heterocycles. The number of rotatable bonds is 2. The van der Waals surface area contributed by atoms with Gasteiger partial charge in [0.1, 0.15) is 0 Å². The van der Waals surface area contributed by atoms with E-state index in [-0.39, 0.29) is 45.7 Å². The zero-order valence-corrected chi connectivity index (χ0v) is 8.00. The summed E-state index contributed by atoms with van der Waals surface area (Å²) in [6, 6.07) is 2.39. The predicted molar refractivity (Wildman–Crippen MR) is 57.3 cm³/mol. The maximum absolute atomic E-state index is 10.7. The molecule has 0 aliphatic heterocycles. The van der Waals surface area contributed by atoms with Gasteiger partial charge in [-0.25, -0.2) is 9.59 Å². The van der Waals surface area contributed by atoms with E-state index in [0.29, 0.717) is 5.56 Å². The van der Waals surface area contributed by atoms with E-state index < -0.39 is 11.9 Å². The normalized spacial score (nSPS) is 9.20. The van der Waals surface area contributed by atoms with Crippen LogP contribution in [0.25, 0.3) is 0 Å². The van der Waals surface area contributed by atoms with E-state index in [2.05, 4.69) is 0 Å². The zero-order chi connectivity index (χ0) is 10.9. The van der Waals surface area contributed by atoms with Gasteiger partial charge in [0, 0.05) is 5.02 Å². The van der Waals surface area contributed by atoms with Crippen LogP contribution in [0, 0.1) is 6.92 Å². The molecule has 2 N–H and O–H groups in total. The van der Waals surface area contributed by atoms with Gasteiger partial charge in [0.05, 0.1) is 11.1 Å². The third-order valence-corrected chi connectivity index (χ3v) is 2.17. The van der Waals surface area contributed by atoms with Crippen molar-refractivity contribution in [3.8, 4) is 0 Å². The van der Waals surface area contributed by atoms with Gasteiger partial charge in [0.2, 0.25) is 0 Å². The van der Waals surface area contributed by atoms with Crippen molar-refractivity contribution < 1.29 is 19.8 Å². The molecule has 0 amide bonds. The molecule has 0 saturated heterocycles. The van der Waals surface area contributed by atoms with Crippen molar-refractivity contribution in [3.63, 3.8) is 0 Å². The molecule has 1 aromatic carbocycles. The summed E-state index contributed by atoms with van der Waals surface area (Å²) in [6.45, 7) is 1.61. The van der Waals surface area contributed by atoms with E-state index in [0.717, 1.165) is 6.07 Å². The monoisotopic (exact) mass is 238 g/mol. The standard InChI is InChI=1S/C9H7ClO4.Na.H/c1-4-2-5(8(11)12)6(9(13)14)3-7(4)10;;/h2-3H,1H3,(H,11,12)(H,13,14);;. The molecule has 4 nitrogen and oxygen atoms in total. The second kappa shape index (κ2) is 5.51. The Hall–Kier alpha value is -0.550. The number of carboxylic acids is 2. The molecular formula is C9H8ClNaO4. The van der Waals surface area contributed by atoms with E-state index in [1.807, 2.05) is 0 Å². The summed E-state index contributed by atoms with van der Waals surface area (Å²) < 4.78 is 0. The SMILES string of the molecule is Cc1cc(C(=O)O)c(C(=O)O)cc1Cl.[NaH]. The summed E-state index contributed by atoms with van der Waals surface area (Å²) in [5.74, 6) is -2.58. The molecule has 0 atom stereocenters. The summed E-state index contributed by atoms with van der Waals surface area (Å²) in [6.07, 6.45) is 0. The number of carbonyl (C=O) groups is 2. The average molecular weight is 239 g/mol. The van der Waals surface area contributed by atoms with Gasteiger partial charge < -0.3 is 10.2 Å². The third-order valence-electron chi connectivity index (χ3n) is 1.76. The maximum atomic E-state index is 10.7. The fourth-order valence-corrected chi connectivity index (χ4v) is 1.20. The van der Waals surface area contributed by atoms with Gasteiger partial charge in [-0.2, -0.15) is 0 Å². The number of aryl methyl sites for hydroxylation is 1. The first-order valence-electron chi connectivity index (χ1n) is 3.70. The first kappa shape index (κ1) is 14.5. The summed E-state index contributed by atoms with van der Waals surface area (Å²) >= 11 is 5.68. The van der Waals surface area contributed by atoms with Crippen LogP contribution in [0.2, 0.25) is 5.02 Å². The number of hydrogen-bond acceptors (Lipinski definition) is 2. The average Bonchev–Trinajstić information content (AvgIpc) is 2.08. The molecule has 0 aliphatic rings. The van der Waals surface area contributed by atoms with Crippen LogP contribution in [0.3, 0.4) is 0 Å². The zero-order valence-electron chi connectivity index (χ0n) is 7.24.